The van der Waals surface area contributed by atoms with Gasteiger partial charge in [0.25, 0.3) is 5.91 Å². The van der Waals surface area contributed by atoms with Crippen molar-refractivity contribution in [2.75, 3.05) is 23.3 Å². The summed E-state index contributed by atoms with van der Waals surface area (Å²) in [6.07, 6.45) is 0. The van der Waals surface area contributed by atoms with E-state index in [1.165, 1.54) is 0 Å². The van der Waals surface area contributed by atoms with E-state index in [4.69, 9.17) is 4.52 Å². The number of aryl methyl sites for hydroxylation is 2. The SMILES string of the molecule is CCN(CC)c1ccc(NC(=O)c2cc(C)n(-c3cc(C)on3)c2C)cc1. The van der Waals surface area contributed by atoms with Gasteiger partial charge in [-0.3, -0.25) is 9.36 Å². The first-order valence-electron chi connectivity index (χ1n) is 9.23. The van der Waals surface area contributed by atoms with Crippen molar-refractivity contribution in [3.63, 3.8) is 0 Å². The fraction of sp³-hybridized carbons (Fsp3) is 0.333. The highest BCUT2D eigenvalue weighted by atomic mass is 16.5. The number of carbonyl (C=O) groups is 1. The number of carbonyl (C=O) groups excluding carboxylic acids is 1. The Labute approximate surface area is 159 Å². The number of benzene rings is 1. The number of rotatable bonds is 6. The molecule has 0 aliphatic heterocycles. The Morgan fingerprint density at radius 3 is 2.33 bits per heavy atom. The van der Waals surface area contributed by atoms with E-state index in [9.17, 15) is 4.79 Å². The van der Waals surface area contributed by atoms with Crippen molar-refractivity contribution in [3.8, 4) is 5.82 Å². The largest absolute Gasteiger partial charge is 0.372 e. The summed E-state index contributed by atoms with van der Waals surface area (Å²) in [5, 5.41) is 7.04. The second kappa shape index (κ2) is 7.70. The van der Waals surface area contributed by atoms with Gasteiger partial charge in [0.2, 0.25) is 0 Å². The minimum Gasteiger partial charge on any atom is -0.372 e. The summed E-state index contributed by atoms with van der Waals surface area (Å²) >= 11 is 0. The maximum Gasteiger partial charge on any atom is 0.257 e. The average molecular weight is 366 g/mol. The Hall–Kier alpha value is -3.02. The molecule has 2 aromatic heterocycles. The lowest BCUT2D eigenvalue weighted by Crippen LogP contribution is -2.21. The monoisotopic (exact) mass is 366 g/mol. The van der Waals surface area contributed by atoms with Gasteiger partial charge in [0.1, 0.15) is 5.76 Å². The molecule has 6 nitrogen and oxygen atoms in total. The number of amides is 1. The average Bonchev–Trinajstić information content (AvgIpc) is 3.20. The van der Waals surface area contributed by atoms with Crippen molar-refractivity contribution >= 4 is 17.3 Å². The topological polar surface area (TPSA) is 63.3 Å². The van der Waals surface area contributed by atoms with Gasteiger partial charge in [0, 0.05) is 41.9 Å². The van der Waals surface area contributed by atoms with Gasteiger partial charge in [-0.15, -0.1) is 0 Å². The van der Waals surface area contributed by atoms with Crippen LogP contribution < -0.4 is 10.2 Å². The molecule has 3 aromatic rings. The Balaban J connectivity index is 1.81. The summed E-state index contributed by atoms with van der Waals surface area (Å²) in [4.78, 5) is 15.1. The molecule has 6 heteroatoms. The van der Waals surface area contributed by atoms with Gasteiger partial charge in [-0.2, -0.15) is 0 Å². The van der Waals surface area contributed by atoms with Crippen molar-refractivity contribution < 1.29 is 9.32 Å². The van der Waals surface area contributed by atoms with E-state index in [2.05, 4.69) is 29.2 Å². The van der Waals surface area contributed by atoms with Gasteiger partial charge in [-0.25, -0.2) is 0 Å². The van der Waals surface area contributed by atoms with E-state index >= 15 is 0 Å². The molecule has 3 rings (SSSR count). The lowest BCUT2D eigenvalue weighted by molar-refractivity contribution is 0.102. The molecule has 0 saturated carbocycles. The summed E-state index contributed by atoms with van der Waals surface area (Å²) in [6, 6.07) is 11.7. The first-order chi connectivity index (χ1) is 12.9. The third kappa shape index (κ3) is 3.74. The van der Waals surface area contributed by atoms with E-state index in [1.54, 1.807) is 0 Å². The first kappa shape index (κ1) is 18.8. The molecule has 27 heavy (non-hydrogen) atoms. The molecule has 2 heterocycles. The quantitative estimate of drug-likeness (QED) is 0.698. The van der Waals surface area contributed by atoms with Gasteiger partial charge in [-0.1, -0.05) is 5.16 Å². The summed E-state index contributed by atoms with van der Waals surface area (Å²) in [5.74, 6) is 1.28. The lowest BCUT2D eigenvalue weighted by atomic mass is 10.2. The molecule has 0 unspecified atom stereocenters. The molecule has 1 N–H and O–H groups in total. The van der Waals surface area contributed by atoms with Crippen LogP contribution >= 0.6 is 0 Å². The molecule has 0 bridgehead atoms. The third-order valence-electron chi connectivity index (χ3n) is 4.77. The molecular weight excluding hydrogens is 340 g/mol. The van der Waals surface area contributed by atoms with Crippen molar-refractivity contribution in [2.24, 2.45) is 0 Å². The van der Waals surface area contributed by atoms with Crippen LogP contribution in [0.25, 0.3) is 5.82 Å². The Morgan fingerprint density at radius 1 is 1.11 bits per heavy atom. The van der Waals surface area contributed by atoms with Crippen LogP contribution in [0.4, 0.5) is 11.4 Å². The van der Waals surface area contributed by atoms with Crippen molar-refractivity contribution in [1.29, 1.82) is 0 Å². The normalized spacial score (nSPS) is 10.9. The fourth-order valence-corrected chi connectivity index (χ4v) is 3.35. The van der Waals surface area contributed by atoms with Crippen molar-refractivity contribution in [1.82, 2.24) is 9.72 Å². The van der Waals surface area contributed by atoms with Crippen LogP contribution in [-0.4, -0.2) is 28.7 Å². The van der Waals surface area contributed by atoms with Gasteiger partial charge in [0.05, 0.1) is 5.56 Å². The fourth-order valence-electron chi connectivity index (χ4n) is 3.35. The van der Waals surface area contributed by atoms with Gasteiger partial charge in [-0.05, 0) is 65.0 Å². The highest BCUT2D eigenvalue weighted by molar-refractivity contribution is 6.05. The van der Waals surface area contributed by atoms with Crippen LogP contribution in [0.2, 0.25) is 0 Å². The number of aromatic nitrogens is 2. The van der Waals surface area contributed by atoms with Crippen molar-refractivity contribution in [2.45, 2.75) is 34.6 Å². The van der Waals surface area contributed by atoms with Gasteiger partial charge in [0.15, 0.2) is 5.82 Å². The molecule has 0 fully saturated rings. The van der Waals surface area contributed by atoms with Crippen LogP contribution in [0.5, 0.6) is 0 Å². The van der Waals surface area contributed by atoms with E-state index < -0.39 is 0 Å². The second-order valence-corrected chi connectivity index (χ2v) is 6.59. The number of nitrogens with zero attached hydrogens (tertiary/aromatic N) is 3. The number of anilines is 2. The smallest absolute Gasteiger partial charge is 0.257 e. The molecule has 0 saturated heterocycles. The minimum atomic E-state index is -0.134. The van der Waals surface area contributed by atoms with Crippen molar-refractivity contribution in [3.05, 3.63) is 59.1 Å². The predicted octanol–water partition coefficient (Wildman–Crippen LogP) is 4.49. The van der Waals surface area contributed by atoms with Crippen LogP contribution in [0.1, 0.15) is 41.4 Å². The van der Waals surface area contributed by atoms with Crippen LogP contribution in [0.15, 0.2) is 40.9 Å². The molecule has 0 atom stereocenters. The summed E-state index contributed by atoms with van der Waals surface area (Å²) < 4.78 is 7.09. The summed E-state index contributed by atoms with van der Waals surface area (Å²) in [5.41, 5.74) is 4.32. The molecule has 0 radical (unpaired) electrons. The second-order valence-electron chi connectivity index (χ2n) is 6.59. The van der Waals surface area contributed by atoms with E-state index in [0.717, 1.165) is 41.6 Å². The maximum atomic E-state index is 12.8. The van der Waals surface area contributed by atoms with Gasteiger partial charge < -0.3 is 14.7 Å². The maximum absolute atomic E-state index is 12.8. The van der Waals surface area contributed by atoms with E-state index in [1.807, 2.05) is 61.7 Å². The molecular formula is C21H26N4O2. The zero-order valence-electron chi connectivity index (χ0n) is 16.5. The standard InChI is InChI=1S/C21H26N4O2/c1-6-24(7-2)18-10-8-17(9-11-18)22-21(26)19-12-14(3)25(16(19)5)20-13-15(4)27-23-20/h8-13H,6-7H2,1-5H3,(H,22,26). The number of hydrogen-bond donors (Lipinski definition) is 1. The van der Waals surface area contributed by atoms with Crippen LogP contribution in [0, 0.1) is 20.8 Å². The Morgan fingerprint density at radius 2 is 1.78 bits per heavy atom. The first-order valence-corrected chi connectivity index (χ1v) is 9.23. The number of hydrogen-bond acceptors (Lipinski definition) is 4. The Bertz CT molecular complexity index is 934. The minimum absolute atomic E-state index is 0.134. The molecule has 0 aliphatic carbocycles. The molecule has 1 aromatic carbocycles. The van der Waals surface area contributed by atoms with Crippen LogP contribution in [-0.2, 0) is 0 Å². The van der Waals surface area contributed by atoms with E-state index in [0.29, 0.717) is 11.4 Å². The molecule has 0 spiro atoms. The summed E-state index contributed by atoms with van der Waals surface area (Å²) in [7, 11) is 0. The molecule has 142 valence electrons. The highest BCUT2D eigenvalue weighted by Crippen LogP contribution is 2.23. The molecule has 1 amide bonds. The zero-order valence-corrected chi connectivity index (χ0v) is 16.5. The predicted molar refractivity (Wildman–Crippen MR) is 108 cm³/mol. The van der Waals surface area contributed by atoms with Crippen LogP contribution in [0.3, 0.4) is 0 Å². The highest BCUT2D eigenvalue weighted by Gasteiger charge is 2.18. The van der Waals surface area contributed by atoms with E-state index in [-0.39, 0.29) is 5.91 Å². The zero-order chi connectivity index (χ0) is 19.6. The summed E-state index contributed by atoms with van der Waals surface area (Å²) in [6.45, 7) is 11.9. The lowest BCUT2D eigenvalue weighted by Gasteiger charge is -2.21. The van der Waals surface area contributed by atoms with Gasteiger partial charge >= 0.3 is 0 Å². The number of nitrogens with one attached hydrogen (secondary N) is 1. The Kier molecular flexibility index (Phi) is 5.35. The molecule has 0 aliphatic rings. The third-order valence-corrected chi connectivity index (χ3v) is 4.77.